The van der Waals surface area contributed by atoms with Crippen molar-refractivity contribution < 1.29 is 17.1 Å². The average molecular weight is 295 g/mol. The summed E-state index contributed by atoms with van der Waals surface area (Å²) in [6, 6.07) is 0. The maximum absolute atomic E-state index is 2.98. The Hall–Kier alpha value is 3.09. The van der Waals surface area contributed by atoms with E-state index < -0.39 is 0 Å². The van der Waals surface area contributed by atoms with Gasteiger partial charge in [0.25, 0.3) is 0 Å². The minimum atomic E-state index is 0. The maximum Gasteiger partial charge on any atom is 0.00191 e. The van der Waals surface area contributed by atoms with Crippen molar-refractivity contribution in [3.8, 4) is 0 Å². The zero-order valence-electron chi connectivity index (χ0n) is 2.17. The van der Waals surface area contributed by atoms with Crippen LogP contribution >= 0.6 is 38.3 Å². The summed E-state index contributed by atoms with van der Waals surface area (Å²) < 4.78 is 0. The molecule has 5 heteroatoms. The van der Waals surface area contributed by atoms with Gasteiger partial charge in [0.1, 0.15) is 0 Å². The molecule has 0 bridgehead atoms. The fraction of sp³-hybridized carbons (Fsp3) is 0. The van der Waals surface area contributed by atoms with Crippen LogP contribution in [0.2, 0.25) is 0 Å². The third-order valence-electron chi connectivity index (χ3n) is 0. The van der Waals surface area contributed by atoms with Crippen LogP contribution in [0.5, 0.6) is 0 Å². The van der Waals surface area contributed by atoms with Crippen molar-refractivity contribution >= 4 is 76.0 Å². The Kier molecular flexibility index (Phi) is 49.3. The van der Waals surface area contributed by atoms with Crippen LogP contribution in [-0.2, 0) is 17.1 Å². The van der Waals surface area contributed by atoms with Crippen LogP contribution in [0.15, 0.2) is 0 Å². The summed E-state index contributed by atoms with van der Waals surface area (Å²) in [5.41, 5.74) is 0. The Balaban J connectivity index is -0.0000000200. The van der Waals surface area contributed by atoms with Crippen molar-refractivity contribution in [2.24, 2.45) is 0 Å². The van der Waals surface area contributed by atoms with Gasteiger partial charge in [-0.2, -0.15) is 0 Å². The molecule has 0 atom stereocenters. The fourth-order valence-electron chi connectivity index (χ4n) is 0. The first-order valence-electron chi connectivity index (χ1n) is 0.309. The third-order valence-corrected chi connectivity index (χ3v) is 0. The molecule has 5 heavy (non-hydrogen) atoms. The van der Waals surface area contributed by atoms with Gasteiger partial charge in [-0.25, -0.2) is 0 Å². The van der Waals surface area contributed by atoms with Gasteiger partial charge < -0.3 is 0 Å². The summed E-state index contributed by atoms with van der Waals surface area (Å²) in [7, 11) is 1.38. The minimum Gasteiger partial charge on any atom is -0.00382 e. The molecule has 0 rings (SSSR count). The molecule has 0 aliphatic heterocycles. The molecule has 0 nitrogen and oxygen atoms in total. The molecule has 0 aliphatic rings. The molecule has 3 radical (unpaired) electrons. The molecule has 0 aromatic heterocycles. The standard InChI is InChI=1S/Br2S.Ca.Cu/c1-3-2;;. The second-order valence-electron chi connectivity index (χ2n) is 0.0583. The molecule has 0 saturated carbocycles. The first kappa shape index (κ1) is 15.7. The second-order valence-corrected chi connectivity index (χ2v) is 4.72. The Morgan fingerprint density at radius 2 is 1.20 bits per heavy atom. The Bertz CT molecular complexity index is 9.61. The van der Waals surface area contributed by atoms with Crippen LogP contribution < -0.4 is 0 Å². The van der Waals surface area contributed by atoms with Gasteiger partial charge in [0.2, 0.25) is 0 Å². The quantitative estimate of drug-likeness (QED) is 0.616. The van der Waals surface area contributed by atoms with Gasteiger partial charge in [-0.3, -0.25) is 0 Å². The molecule has 0 aliphatic carbocycles. The molecule has 0 saturated heterocycles. The molecule has 0 spiro atoms. The molecule has 0 aromatic carbocycles. The van der Waals surface area contributed by atoms with E-state index in [0.717, 1.165) is 0 Å². The first-order chi connectivity index (χ1) is 1.41. The summed E-state index contributed by atoms with van der Waals surface area (Å²) in [5, 5.41) is 0. The average Bonchev–Trinajstić information content (AvgIpc) is 0.918. The predicted molar refractivity (Wildman–Crippen MR) is 31.2 cm³/mol. The Morgan fingerprint density at radius 1 is 1.20 bits per heavy atom. The van der Waals surface area contributed by atoms with Crippen molar-refractivity contribution in [2.75, 3.05) is 0 Å². The van der Waals surface area contributed by atoms with Gasteiger partial charge in [-0.05, 0) is 8.63 Å². The van der Waals surface area contributed by atoms with Crippen molar-refractivity contribution in [3.63, 3.8) is 0 Å². The van der Waals surface area contributed by atoms with Crippen LogP contribution in [0, 0.1) is 0 Å². The van der Waals surface area contributed by atoms with Crippen LogP contribution in [0.25, 0.3) is 0 Å². The van der Waals surface area contributed by atoms with E-state index in [1.807, 2.05) is 0 Å². The SMILES string of the molecule is BrSBr.[Ca].[Cu]. The van der Waals surface area contributed by atoms with Crippen LogP contribution in [0.1, 0.15) is 0 Å². The minimum absolute atomic E-state index is 0. The molecular weight excluding hydrogens is 295 g/mol. The second kappa shape index (κ2) is 15.7. The van der Waals surface area contributed by atoms with Crippen molar-refractivity contribution in [3.05, 3.63) is 0 Å². The van der Waals surface area contributed by atoms with E-state index >= 15 is 0 Å². The van der Waals surface area contributed by atoms with Crippen LogP contribution in [-0.4, -0.2) is 37.7 Å². The van der Waals surface area contributed by atoms with E-state index in [2.05, 4.69) is 29.6 Å². The topological polar surface area (TPSA) is 0 Å². The summed E-state index contributed by atoms with van der Waals surface area (Å²) in [6.45, 7) is 0. The molecule has 0 aromatic rings. The Labute approximate surface area is 91.1 Å². The monoisotopic (exact) mass is 293 g/mol. The summed E-state index contributed by atoms with van der Waals surface area (Å²) >= 11 is 5.96. The molecule has 0 unspecified atom stereocenters. The van der Waals surface area contributed by atoms with Gasteiger partial charge in [0.15, 0.2) is 0 Å². The number of rotatable bonds is 0. The number of halogens is 2. The molecular formula is Br2CaCuS. The van der Waals surface area contributed by atoms with E-state index in [1.165, 1.54) is 8.63 Å². The van der Waals surface area contributed by atoms with Gasteiger partial charge >= 0.3 is 0 Å². The van der Waals surface area contributed by atoms with Gasteiger partial charge in [0.05, 0.1) is 0 Å². The summed E-state index contributed by atoms with van der Waals surface area (Å²) in [5.74, 6) is 0. The smallest absolute Gasteiger partial charge is 0.00191 e. The summed E-state index contributed by atoms with van der Waals surface area (Å²) in [6.07, 6.45) is 0. The van der Waals surface area contributed by atoms with Crippen molar-refractivity contribution in [2.45, 2.75) is 0 Å². The van der Waals surface area contributed by atoms with E-state index in [4.69, 9.17) is 0 Å². The van der Waals surface area contributed by atoms with Gasteiger partial charge in [-0.15, -0.1) is 0 Å². The number of hydrogen-bond donors (Lipinski definition) is 0. The molecule has 0 heterocycles. The molecule has 0 amide bonds. The predicted octanol–water partition coefficient (Wildman–Crippen LogP) is 1.96. The molecule has 33 valence electrons. The summed E-state index contributed by atoms with van der Waals surface area (Å²) in [4.78, 5) is 0. The normalized spacial score (nSPS) is 3.60. The van der Waals surface area contributed by atoms with Crippen LogP contribution in [0.4, 0.5) is 0 Å². The van der Waals surface area contributed by atoms with E-state index in [9.17, 15) is 0 Å². The molecule has 0 fully saturated rings. The van der Waals surface area contributed by atoms with Crippen molar-refractivity contribution in [1.29, 1.82) is 0 Å². The van der Waals surface area contributed by atoms with Gasteiger partial charge in [0, 0.05) is 84.4 Å². The Morgan fingerprint density at radius 3 is 1.20 bits per heavy atom. The van der Waals surface area contributed by atoms with Crippen LogP contribution in [0.3, 0.4) is 0 Å². The van der Waals surface area contributed by atoms with E-state index in [-0.39, 0.29) is 54.8 Å². The molecule has 0 N–H and O–H groups in total. The van der Waals surface area contributed by atoms with Crippen molar-refractivity contribution in [1.82, 2.24) is 0 Å². The zero-order valence-corrected chi connectivity index (χ0v) is 9.31. The van der Waals surface area contributed by atoms with E-state index in [1.54, 1.807) is 0 Å². The van der Waals surface area contributed by atoms with Gasteiger partial charge in [-0.1, -0.05) is 0 Å². The van der Waals surface area contributed by atoms with E-state index in [0.29, 0.717) is 0 Å². The largest absolute Gasteiger partial charge is 0.00382 e. The first-order valence-corrected chi connectivity index (χ1v) is 4.81. The number of hydrogen-bond acceptors (Lipinski definition) is 1. The zero-order chi connectivity index (χ0) is 2.71. The fourth-order valence-corrected chi connectivity index (χ4v) is 0. The third kappa shape index (κ3) is 19.2. The maximum atomic E-state index is 2.98.